The van der Waals surface area contributed by atoms with Crippen molar-refractivity contribution in [2.75, 3.05) is 33.6 Å². The molecule has 0 radical (unpaired) electrons. The normalized spacial score (nSPS) is 30.6. The number of Topliss-reactive ketones (excluding diaryl/α,β-unsaturated/α-hetero) is 1. The topological polar surface area (TPSA) is 112 Å². The van der Waals surface area contributed by atoms with E-state index in [1.165, 1.54) is 14.2 Å². The summed E-state index contributed by atoms with van der Waals surface area (Å²) in [5.41, 5.74) is 0. The molecule has 0 unspecified atom stereocenters. The average Bonchev–Trinajstić information content (AvgIpc) is 2.64. The molecule has 0 aromatic carbocycles. The van der Waals surface area contributed by atoms with Gasteiger partial charge < -0.3 is 28.7 Å². The molecule has 118 valence electrons. The third-order valence-electron chi connectivity index (χ3n) is 3.00. The second kappa shape index (κ2) is 7.61. The Bertz CT molecular complexity index is 367. The number of hydrogen-bond acceptors (Lipinski definition) is 6. The van der Waals surface area contributed by atoms with Crippen molar-refractivity contribution in [2.45, 2.75) is 31.3 Å². The molecule has 20 heavy (non-hydrogen) atoms. The third kappa shape index (κ3) is 4.89. The molecule has 0 bridgehead atoms. The van der Waals surface area contributed by atoms with Gasteiger partial charge in [-0.1, -0.05) is 0 Å². The Hall–Kier alpha value is -0.340. The van der Waals surface area contributed by atoms with Gasteiger partial charge >= 0.3 is 7.60 Å². The molecule has 1 aliphatic heterocycles. The Labute approximate surface area is 117 Å². The fourth-order valence-electron chi connectivity index (χ4n) is 2.13. The van der Waals surface area contributed by atoms with E-state index in [2.05, 4.69) is 0 Å². The summed E-state index contributed by atoms with van der Waals surface area (Å²) in [7, 11) is -1.48. The molecule has 1 rings (SSSR count). The van der Waals surface area contributed by atoms with Gasteiger partial charge in [0.25, 0.3) is 0 Å². The summed E-state index contributed by atoms with van der Waals surface area (Å²) in [6.45, 7) is 2.42. The highest BCUT2D eigenvalue weighted by atomic mass is 31.2. The first-order chi connectivity index (χ1) is 9.30. The molecule has 0 saturated carbocycles. The first-order valence-corrected chi connectivity index (χ1v) is 7.96. The molecule has 0 amide bonds. The predicted molar refractivity (Wildman–Crippen MR) is 68.7 cm³/mol. The van der Waals surface area contributed by atoms with Gasteiger partial charge in [-0.15, -0.1) is 0 Å². The van der Waals surface area contributed by atoms with Crippen molar-refractivity contribution in [3.8, 4) is 0 Å². The van der Waals surface area contributed by atoms with Crippen LogP contribution in [0.5, 0.6) is 0 Å². The van der Waals surface area contributed by atoms with Crippen LogP contribution >= 0.6 is 7.60 Å². The lowest BCUT2D eigenvalue weighted by atomic mass is 10.1. The minimum absolute atomic E-state index is 0.314. The number of carbonyl (C=O) groups is 1. The number of carbonyl (C=O) groups excluding carboxylic acids is 1. The van der Waals surface area contributed by atoms with Crippen LogP contribution in [0.2, 0.25) is 0 Å². The highest BCUT2D eigenvalue weighted by molar-refractivity contribution is 7.52. The minimum atomic E-state index is -4.42. The zero-order valence-electron chi connectivity index (χ0n) is 11.7. The maximum atomic E-state index is 11.9. The van der Waals surface area contributed by atoms with Crippen molar-refractivity contribution in [1.82, 2.24) is 0 Å². The zero-order chi connectivity index (χ0) is 15.3. The molecular weight excluding hydrogens is 291 g/mol. The minimum Gasteiger partial charge on any atom is -0.382 e. The largest absolute Gasteiger partial charge is 0.382 e. The Morgan fingerprint density at radius 1 is 1.25 bits per heavy atom. The van der Waals surface area contributed by atoms with Crippen molar-refractivity contribution in [2.24, 2.45) is 0 Å². The summed E-state index contributed by atoms with van der Waals surface area (Å²) in [6, 6.07) is 0. The van der Waals surface area contributed by atoms with Crippen molar-refractivity contribution in [3.05, 3.63) is 0 Å². The molecular formula is C11H21O8P. The summed E-state index contributed by atoms with van der Waals surface area (Å²) < 4.78 is 32.0. The van der Waals surface area contributed by atoms with Gasteiger partial charge in [0.2, 0.25) is 0 Å². The van der Waals surface area contributed by atoms with E-state index >= 15 is 0 Å². The van der Waals surface area contributed by atoms with Crippen LogP contribution in [0.3, 0.4) is 0 Å². The van der Waals surface area contributed by atoms with Gasteiger partial charge in [-0.3, -0.25) is 9.36 Å². The SMILES string of the molecule is COCCO[C@@H]1[C@H](OC)[C@@H](C(=O)CP(=O)(O)O)O[C@H]1C. The zero-order valence-corrected chi connectivity index (χ0v) is 12.6. The van der Waals surface area contributed by atoms with Crippen LogP contribution in [0.15, 0.2) is 0 Å². The van der Waals surface area contributed by atoms with Gasteiger partial charge in [0, 0.05) is 14.2 Å². The first-order valence-electron chi connectivity index (χ1n) is 6.16. The second-order valence-electron chi connectivity index (χ2n) is 4.58. The highest BCUT2D eigenvalue weighted by Crippen LogP contribution is 2.36. The molecule has 2 N–H and O–H groups in total. The van der Waals surface area contributed by atoms with Crippen LogP contribution < -0.4 is 0 Å². The van der Waals surface area contributed by atoms with E-state index in [-0.39, 0.29) is 0 Å². The molecule has 1 fully saturated rings. The quantitative estimate of drug-likeness (QED) is 0.458. The fraction of sp³-hybridized carbons (Fsp3) is 0.909. The third-order valence-corrected chi connectivity index (χ3v) is 3.72. The monoisotopic (exact) mass is 312 g/mol. The van der Waals surface area contributed by atoms with Gasteiger partial charge in [-0.2, -0.15) is 0 Å². The Balaban J connectivity index is 2.69. The number of ketones is 1. The Kier molecular flexibility index (Phi) is 6.74. The van der Waals surface area contributed by atoms with Crippen molar-refractivity contribution in [3.63, 3.8) is 0 Å². The molecule has 0 aromatic rings. The Morgan fingerprint density at radius 2 is 1.90 bits per heavy atom. The van der Waals surface area contributed by atoms with E-state index in [9.17, 15) is 9.36 Å². The van der Waals surface area contributed by atoms with E-state index in [4.69, 9.17) is 28.7 Å². The van der Waals surface area contributed by atoms with Crippen LogP contribution in [0.4, 0.5) is 0 Å². The number of ether oxygens (including phenoxy) is 4. The summed E-state index contributed by atoms with van der Waals surface area (Å²) in [5, 5.41) is 0. The van der Waals surface area contributed by atoms with Crippen molar-refractivity contribution < 1.29 is 38.1 Å². The maximum Gasteiger partial charge on any atom is 0.333 e. The lowest BCUT2D eigenvalue weighted by Crippen LogP contribution is -2.40. The predicted octanol–water partition coefficient (Wildman–Crippen LogP) is -0.433. The number of hydrogen-bond donors (Lipinski definition) is 2. The van der Waals surface area contributed by atoms with Crippen molar-refractivity contribution >= 4 is 13.4 Å². The van der Waals surface area contributed by atoms with Gasteiger partial charge in [0.1, 0.15) is 24.5 Å². The second-order valence-corrected chi connectivity index (χ2v) is 6.23. The number of rotatable bonds is 8. The highest BCUT2D eigenvalue weighted by Gasteiger charge is 2.47. The van der Waals surface area contributed by atoms with Crippen LogP contribution in [0, 0.1) is 0 Å². The van der Waals surface area contributed by atoms with Gasteiger partial charge in [0.05, 0.1) is 19.3 Å². The first kappa shape index (κ1) is 17.7. The maximum absolute atomic E-state index is 11.9. The Morgan fingerprint density at radius 3 is 2.40 bits per heavy atom. The van der Waals surface area contributed by atoms with E-state index in [0.717, 1.165) is 0 Å². The molecule has 1 aliphatic rings. The summed E-state index contributed by atoms with van der Waals surface area (Å²) in [6.07, 6.45) is -3.49. The fourth-order valence-corrected chi connectivity index (χ4v) is 2.72. The van der Waals surface area contributed by atoms with E-state index in [0.29, 0.717) is 13.2 Å². The molecule has 1 saturated heterocycles. The molecule has 0 aliphatic carbocycles. The standard InChI is InChI=1S/C11H21O8P/c1-7-9(18-5-4-16-2)11(17-3)10(19-7)8(12)6-20(13,14)15/h7,9-11H,4-6H2,1-3H3,(H2,13,14,15)/t7-,9-,10+,11-/m0/s1. The molecule has 9 heteroatoms. The van der Waals surface area contributed by atoms with Gasteiger partial charge in [0.15, 0.2) is 5.78 Å². The van der Waals surface area contributed by atoms with Crippen LogP contribution in [-0.2, 0) is 28.3 Å². The van der Waals surface area contributed by atoms with Crippen LogP contribution in [0.1, 0.15) is 6.92 Å². The van der Waals surface area contributed by atoms with Gasteiger partial charge in [-0.25, -0.2) is 0 Å². The number of methoxy groups -OCH3 is 2. The average molecular weight is 312 g/mol. The molecule has 0 aromatic heterocycles. The summed E-state index contributed by atoms with van der Waals surface area (Å²) in [4.78, 5) is 29.6. The van der Waals surface area contributed by atoms with E-state index < -0.39 is 44.0 Å². The molecule has 4 atom stereocenters. The van der Waals surface area contributed by atoms with E-state index in [1.807, 2.05) is 0 Å². The lowest BCUT2D eigenvalue weighted by Gasteiger charge is -2.22. The molecule has 8 nitrogen and oxygen atoms in total. The summed E-state index contributed by atoms with van der Waals surface area (Å²) >= 11 is 0. The smallest absolute Gasteiger partial charge is 0.333 e. The summed E-state index contributed by atoms with van der Waals surface area (Å²) in [5.74, 6) is -0.685. The van der Waals surface area contributed by atoms with Crippen LogP contribution in [-0.4, -0.2) is 73.6 Å². The van der Waals surface area contributed by atoms with Crippen molar-refractivity contribution in [1.29, 1.82) is 0 Å². The molecule has 1 heterocycles. The lowest BCUT2D eigenvalue weighted by molar-refractivity contribution is -0.132. The van der Waals surface area contributed by atoms with Crippen LogP contribution in [0.25, 0.3) is 0 Å². The van der Waals surface area contributed by atoms with Gasteiger partial charge in [-0.05, 0) is 6.92 Å². The van der Waals surface area contributed by atoms with E-state index in [1.54, 1.807) is 6.92 Å². The molecule has 0 spiro atoms.